The van der Waals surface area contributed by atoms with E-state index in [2.05, 4.69) is 0 Å². The van der Waals surface area contributed by atoms with Crippen LogP contribution in [0.5, 0.6) is 0 Å². The Hall–Kier alpha value is -2.67. The van der Waals surface area contributed by atoms with Gasteiger partial charge in [-0.2, -0.15) is 0 Å². The summed E-state index contributed by atoms with van der Waals surface area (Å²) in [4.78, 5) is 33.3. The van der Waals surface area contributed by atoms with Crippen molar-refractivity contribution in [3.8, 4) is 0 Å². The number of carbonyl (C=O) groups is 3. The topological polar surface area (TPSA) is 121 Å². The Morgan fingerprint density at radius 1 is 1.26 bits per heavy atom. The van der Waals surface area contributed by atoms with Gasteiger partial charge in [0.15, 0.2) is 0 Å². The number of carbonyl (C=O) groups excluding carboxylic acids is 2. The maximum absolute atomic E-state index is 11.0. The van der Waals surface area contributed by atoms with Crippen LogP contribution in [0.2, 0.25) is 0 Å². The minimum Gasteiger partial charge on any atom is -0.477 e. The third kappa shape index (κ3) is 4.17. The zero-order valence-corrected chi connectivity index (χ0v) is 12.4. The fourth-order valence-electron chi connectivity index (χ4n) is 2.58. The van der Waals surface area contributed by atoms with Gasteiger partial charge in [-0.3, -0.25) is 9.59 Å². The van der Waals surface area contributed by atoms with Gasteiger partial charge in [-0.15, -0.1) is 0 Å². The van der Waals surface area contributed by atoms with Crippen LogP contribution >= 0.6 is 0 Å². The van der Waals surface area contributed by atoms with Gasteiger partial charge in [0, 0.05) is 12.5 Å². The number of hydrogen-bond acceptors (Lipinski definition) is 4. The fourth-order valence-corrected chi connectivity index (χ4v) is 2.58. The van der Waals surface area contributed by atoms with E-state index in [9.17, 15) is 19.5 Å². The quantitative estimate of drug-likeness (QED) is 0.679. The predicted molar refractivity (Wildman–Crippen MR) is 80.9 cm³/mol. The van der Waals surface area contributed by atoms with Crippen LogP contribution in [-0.4, -0.2) is 45.0 Å². The van der Waals surface area contributed by atoms with Gasteiger partial charge in [-0.05, 0) is 18.1 Å². The normalized spacial score (nSPS) is 22.0. The number of nitrogens with two attached hydrogens (primary N) is 1. The van der Waals surface area contributed by atoms with Gasteiger partial charge in [-0.25, -0.2) is 4.79 Å². The van der Waals surface area contributed by atoms with Gasteiger partial charge in [0.05, 0.1) is 12.5 Å². The molecule has 2 aliphatic rings. The third-order valence-electron chi connectivity index (χ3n) is 3.61. The van der Waals surface area contributed by atoms with Gasteiger partial charge < -0.3 is 20.8 Å². The van der Waals surface area contributed by atoms with E-state index in [1.165, 1.54) is 11.0 Å². The SMILES string of the molecule is NC(=O)Cc1ccccc1.O=C(O)C1=C[C@H](O)C[C@H]2CC(=O)N12. The lowest BCUT2D eigenvalue weighted by molar-refractivity contribution is -0.151. The van der Waals surface area contributed by atoms with Gasteiger partial charge in [0.25, 0.3) is 0 Å². The summed E-state index contributed by atoms with van der Waals surface area (Å²) in [6.07, 6.45) is 1.61. The lowest BCUT2D eigenvalue weighted by Crippen LogP contribution is -2.56. The Balaban J connectivity index is 0.000000174. The number of aliphatic carboxylic acids is 1. The number of benzene rings is 1. The molecule has 1 fully saturated rings. The molecule has 2 aliphatic heterocycles. The molecule has 23 heavy (non-hydrogen) atoms. The van der Waals surface area contributed by atoms with E-state index in [4.69, 9.17) is 10.8 Å². The van der Waals surface area contributed by atoms with Crippen LogP contribution in [0.25, 0.3) is 0 Å². The molecule has 0 unspecified atom stereocenters. The lowest BCUT2D eigenvalue weighted by Gasteiger charge is -2.44. The minimum atomic E-state index is -1.16. The molecule has 7 heteroatoms. The number of carboxylic acids is 1. The Morgan fingerprint density at radius 3 is 2.43 bits per heavy atom. The zero-order valence-electron chi connectivity index (χ0n) is 12.4. The Morgan fingerprint density at radius 2 is 1.91 bits per heavy atom. The number of nitrogens with zero attached hydrogens (tertiary/aromatic N) is 1. The van der Waals surface area contributed by atoms with Crippen molar-refractivity contribution in [3.63, 3.8) is 0 Å². The van der Waals surface area contributed by atoms with Crippen molar-refractivity contribution in [1.29, 1.82) is 0 Å². The van der Waals surface area contributed by atoms with E-state index in [-0.39, 0.29) is 23.6 Å². The van der Waals surface area contributed by atoms with Crippen LogP contribution in [0.1, 0.15) is 18.4 Å². The number of carboxylic acid groups (broad SMARTS) is 1. The summed E-state index contributed by atoms with van der Waals surface area (Å²) in [5, 5.41) is 18.0. The monoisotopic (exact) mass is 318 g/mol. The summed E-state index contributed by atoms with van der Waals surface area (Å²) < 4.78 is 0. The van der Waals surface area contributed by atoms with E-state index in [0.717, 1.165) is 5.56 Å². The van der Waals surface area contributed by atoms with Crippen molar-refractivity contribution < 1.29 is 24.6 Å². The first-order chi connectivity index (χ1) is 10.9. The van der Waals surface area contributed by atoms with E-state index >= 15 is 0 Å². The van der Waals surface area contributed by atoms with Crippen molar-refractivity contribution in [2.24, 2.45) is 5.73 Å². The molecule has 0 radical (unpaired) electrons. The summed E-state index contributed by atoms with van der Waals surface area (Å²) in [6.45, 7) is 0. The molecule has 0 aromatic heterocycles. The average molecular weight is 318 g/mol. The number of amides is 2. The molecule has 1 aromatic carbocycles. The van der Waals surface area contributed by atoms with Crippen LogP contribution in [0, 0.1) is 0 Å². The molecule has 0 spiro atoms. The second-order valence-electron chi connectivity index (χ2n) is 5.41. The van der Waals surface area contributed by atoms with E-state index in [1.54, 1.807) is 0 Å². The molecule has 7 nitrogen and oxygen atoms in total. The molecule has 0 bridgehead atoms. The summed E-state index contributed by atoms with van der Waals surface area (Å²) in [7, 11) is 0. The van der Waals surface area contributed by atoms with Crippen LogP contribution in [0.15, 0.2) is 42.1 Å². The molecule has 122 valence electrons. The molecule has 2 amide bonds. The van der Waals surface area contributed by atoms with E-state index in [1.807, 2.05) is 30.3 Å². The molecule has 0 aliphatic carbocycles. The predicted octanol–water partition coefficient (Wildman–Crippen LogP) is 0.0348. The molecule has 1 aromatic rings. The highest BCUT2D eigenvalue weighted by molar-refractivity contribution is 5.96. The number of β-lactam (4-membered cyclic amide) rings is 1. The van der Waals surface area contributed by atoms with Gasteiger partial charge in [-0.1, -0.05) is 30.3 Å². The summed E-state index contributed by atoms with van der Waals surface area (Å²) >= 11 is 0. The number of aliphatic hydroxyl groups excluding tert-OH is 1. The average Bonchev–Trinajstić information content (AvgIpc) is 2.46. The van der Waals surface area contributed by atoms with Crippen LogP contribution in [-0.2, 0) is 20.8 Å². The third-order valence-corrected chi connectivity index (χ3v) is 3.61. The maximum Gasteiger partial charge on any atom is 0.352 e. The number of aliphatic hydroxyl groups is 1. The molecule has 4 N–H and O–H groups in total. The number of primary amides is 1. The van der Waals surface area contributed by atoms with Crippen LogP contribution in [0.3, 0.4) is 0 Å². The second kappa shape index (κ2) is 7.06. The number of rotatable bonds is 3. The second-order valence-corrected chi connectivity index (χ2v) is 5.41. The highest BCUT2D eigenvalue weighted by Gasteiger charge is 2.44. The Labute approximate surface area is 133 Å². The molecule has 2 atom stereocenters. The summed E-state index contributed by atoms with van der Waals surface area (Å²) in [6, 6.07) is 9.33. The fraction of sp³-hybridized carbons (Fsp3) is 0.312. The van der Waals surface area contributed by atoms with Crippen molar-refractivity contribution in [2.75, 3.05) is 0 Å². The van der Waals surface area contributed by atoms with Crippen molar-refractivity contribution in [2.45, 2.75) is 31.4 Å². The van der Waals surface area contributed by atoms with Gasteiger partial charge in [0.2, 0.25) is 11.8 Å². The molecule has 0 saturated carbocycles. The maximum atomic E-state index is 11.0. The first kappa shape index (κ1) is 16.7. The lowest BCUT2D eigenvalue weighted by atomic mass is 9.90. The van der Waals surface area contributed by atoms with Crippen LogP contribution < -0.4 is 5.73 Å². The standard InChI is InChI=1S/C8H9NO4.C8H9NO/c10-5-1-4-2-7(11)9(4)6(3-5)8(12)13;9-8(10)6-7-4-2-1-3-5-7/h3-5,10H,1-2H2,(H,12,13);1-5H,6H2,(H2,9,10)/t4-,5+;/m0./s1. The first-order valence-electron chi connectivity index (χ1n) is 7.16. The summed E-state index contributed by atoms with van der Waals surface area (Å²) in [5.41, 5.74) is 5.87. The van der Waals surface area contributed by atoms with Gasteiger partial charge >= 0.3 is 5.97 Å². The van der Waals surface area contributed by atoms with E-state index < -0.39 is 12.1 Å². The molecular weight excluding hydrogens is 300 g/mol. The largest absolute Gasteiger partial charge is 0.477 e. The zero-order chi connectivity index (χ0) is 17.0. The first-order valence-corrected chi connectivity index (χ1v) is 7.16. The minimum absolute atomic E-state index is 0.0833. The highest BCUT2D eigenvalue weighted by Crippen LogP contribution is 2.32. The molecular formula is C16H18N2O5. The summed E-state index contributed by atoms with van der Waals surface area (Å²) in [5.74, 6) is -1.62. The van der Waals surface area contributed by atoms with E-state index in [0.29, 0.717) is 19.3 Å². The smallest absolute Gasteiger partial charge is 0.352 e. The van der Waals surface area contributed by atoms with Crippen LogP contribution in [0.4, 0.5) is 0 Å². The molecule has 3 rings (SSSR count). The Bertz CT molecular complexity index is 641. The Kier molecular flexibility index (Phi) is 5.13. The molecule has 1 saturated heterocycles. The number of hydrogen-bond donors (Lipinski definition) is 3. The van der Waals surface area contributed by atoms with Crippen molar-refractivity contribution in [1.82, 2.24) is 4.90 Å². The number of fused-ring (bicyclic) bond motifs is 1. The van der Waals surface area contributed by atoms with Crippen molar-refractivity contribution >= 4 is 17.8 Å². The van der Waals surface area contributed by atoms with Gasteiger partial charge in [0.1, 0.15) is 5.70 Å². The highest BCUT2D eigenvalue weighted by atomic mass is 16.4. The molecule has 2 heterocycles. The van der Waals surface area contributed by atoms with Crippen molar-refractivity contribution in [3.05, 3.63) is 47.7 Å².